The summed E-state index contributed by atoms with van der Waals surface area (Å²) in [6.07, 6.45) is 6.83. The van der Waals surface area contributed by atoms with E-state index in [1.807, 2.05) is 0 Å². The van der Waals surface area contributed by atoms with Gasteiger partial charge in [0, 0.05) is 12.6 Å². The van der Waals surface area contributed by atoms with Crippen molar-refractivity contribution in [2.45, 2.75) is 65.0 Å². The van der Waals surface area contributed by atoms with Gasteiger partial charge in [-0.05, 0) is 25.3 Å². The molecule has 2 unspecified atom stereocenters. The van der Waals surface area contributed by atoms with Gasteiger partial charge >= 0.3 is 0 Å². The average Bonchev–Trinajstić information content (AvgIpc) is 2.55. The van der Waals surface area contributed by atoms with Gasteiger partial charge in [0.1, 0.15) is 0 Å². The molecule has 0 aromatic carbocycles. The van der Waals surface area contributed by atoms with Crippen molar-refractivity contribution in [3.05, 3.63) is 0 Å². The van der Waals surface area contributed by atoms with Gasteiger partial charge in [-0.1, -0.05) is 40.0 Å². The summed E-state index contributed by atoms with van der Waals surface area (Å²) in [5.41, 5.74) is 0. The Kier molecular flexibility index (Phi) is 8.64. The molecule has 1 saturated carbocycles. The number of nitrogens with one attached hydrogen (secondary N) is 1. The van der Waals surface area contributed by atoms with Crippen molar-refractivity contribution < 1.29 is 9.47 Å². The summed E-state index contributed by atoms with van der Waals surface area (Å²) in [6, 6.07) is 0.544. The van der Waals surface area contributed by atoms with Gasteiger partial charge in [-0.25, -0.2) is 0 Å². The Hall–Kier alpha value is -0.120. The van der Waals surface area contributed by atoms with E-state index in [-0.39, 0.29) is 0 Å². The lowest BCUT2D eigenvalue weighted by atomic mass is 10.1. The monoisotopic (exact) mass is 257 g/mol. The van der Waals surface area contributed by atoms with Crippen LogP contribution in [0.15, 0.2) is 0 Å². The summed E-state index contributed by atoms with van der Waals surface area (Å²) in [5, 5.41) is 3.57. The average molecular weight is 257 g/mol. The molecule has 1 N–H and O–H groups in total. The van der Waals surface area contributed by atoms with Crippen molar-refractivity contribution in [1.29, 1.82) is 0 Å². The van der Waals surface area contributed by atoms with Gasteiger partial charge < -0.3 is 14.8 Å². The van der Waals surface area contributed by atoms with Crippen LogP contribution in [0.3, 0.4) is 0 Å². The first-order valence-corrected chi connectivity index (χ1v) is 7.66. The third kappa shape index (κ3) is 6.72. The molecule has 0 aromatic rings. The molecule has 2 atom stereocenters. The van der Waals surface area contributed by atoms with Crippen LogP contribution in [-0.2, 0) is 9.47 Å². The van der Waals surface area contributed by atoms with E-state index in [0.29, 0.717) is 18.1 Å². The Morgan fingerprint density at radius 3 is 2.61 bits per heavy atom. The van der Waals surface area contributed by atoms with E-state index in [2.05, 4.69) is 26.1 Å². The van der Waals surface area contributed by atoms with E-state index in [1.54, 1.807) is 0 Å². The fraction of sp³-hybridized carbons (Fsp3) is 1.00. The lowest BCUT2D eigenvalue weighted by molar-refractivity contribution is -0.0180. The highest BCUT2D eigenvalue weighted by atomic mass is 16.5. The predicted molar refractivity (Wildman–Crippen MR) is 75.9 cm³/mol. The summed E-state index contributed by atoms with van der Waals surface area (Å²) in [7, 11) is 0. The Labute approximate surface area is 113 Å². The van der Waals surface area contributed by atoms with Crippen LogP contribution in [0.2, 0.25) is 0 Å². The van der Waals surface area contributed by atoms with Crippen LogP contribution >= 0.6 is 0 Å². The smallest absolute Gasteiger partial charge is 0.0729 e. The van der Waals surface area contributed by atoms with Crippen LogP contribution in [0.25, 0.3) is 0 Å². The highest BCUT2D eigenvalue weighted by Crippen LogP contribution is 2.20. The maximum Gasteiger partial charge on any atom is 0.0729 e. The molecular weight excluding hydrogens is 226 g/mol. The topological polar surface area (TPSA) is 30.5 Å². The van der Waals surface area contributed by atoms with Crippen LogP contribution in [0.1, 0.15) is 52.9 Å². The molecule has 0 bridgehead atoms. The largest absolute Gasteiger partial charge is 0.379 e. The molecule has 0 aromatic heterocycles. The van der Waals surface area contributed by atoms with Crippen LogP contribution in [0, 0.1) is 5.92 Å². The standard InChI is InChI=1S/C15H31NO2/c1-4-16-14-8-6-5-7-9-15(14)18-11-10-17-12-13(2)3/h13-16H,4-12H2,1-3H3. The highest BCUT2D eigenvalue weighted by Gasteiger charge is 2.23. The third-order valence-corrected chi connectivity index (χ3v) is 3.43. The molecule has 0 aliphatic heterocycles. The first kappa shape index (κ1) is 15.9. The Morgan fingerprint density at radius 1 is 1.11 bits per heavy atom. The van der Waals surface area contributed by atoms with Crippen LogP contribution < -0.4 is 5.32 Å². The zero-order chi connectivity index (χ0) is 13.2. The minimum absolute atomic E-state index is 0.384. The normalized spacial score (nSPS) is 25.3. The molecule has 0 amide bonds. The molecule has 0 radical (unpaired) electrons. The van der Waals surface area contributed by atoms with Gasteiger partial charge in [-0.2, -0.15) is 0 Å². The van der Waals surface area contributed by atoms with E-state index in [1.165, 1.54) is 32.1 Å². The second kappa shape index (κ2) is 9.76. The summed E-state index contributed by atoms with van der Waals surface area (Å²) in [5.74, 6) is 0.609. The van der Waals surface area contributed by atoms with Crippen LogP contribution in [0.5, 0.6) is 0 Å². The van der Waals surface area contributed by atoms with Gasteiger partial charge in [0.15, 0.2) is 0 Å². The minimum Gasteiger partial charge on any atom is -0.379 e. The van der Waals surface area contributed by atoms with E-state index in [4.69, 9.17) is 9.47 Å². The molecule has 1 aliphatic rings. The quantitative estimate of drug-likeness (QED) is 0.535. The fourth-order valence-corrected chi connectivity index (χ4v) is 2.55. The fourth-order valence-electron chi connectivity index (χ4n) is 2.55. The number of hydrogen-bond donors (Lipinski definition) is 1. The van der Waals surface area contributed by atoms with Crippen LogP contribution in [0.4, 0.5) is 0 Å². The molecule has 18 heavy (non-hydrogen) atoms. The predicted octanol–water partition coefficient (Wildman–Crippen LogP) is 2.99. The maximum atomic E-state index is 6.02. The van der Waals surface area contributed by atoms with E-state index in [9.17, 15) is 0 Å². The second-order valence-electron chi connectivity index (χ2n) is 5.68. The molecular formula is C15H31NO2. The molecule has 0 heterocycles. The molecule has 0 spiro atoms. The lowest BCUT2D eigenvalue weighted by Gasteiger charge is -2.26. The van der Waals surface area contributed by atoms with Crippen molar-refractivity contribution in [2.24, 2.45) is 5.92 Å². The van der Waals surface area contributed by atoms with Gasteiger partial charge in [0.25, 0.3) is 0 Å². The maximum absolute atomic E-state index is 6.02. The highest BCUT2D eigenvalue weighted by molar-refractivity contribution is 4.79. The summed E-state index contributed by atoms with van der Waals surface area (Å²) >= 11 is 0. The first-order chi connectivity index (χ1) is 8.74. The van der Waals surface area contributed by atoms with Gasteiger partial charge in [0.2, 0.25) is 0 Å². The Morgan fingerprint density at radius 2 is 1.89 bits per heavy atom. The zero-order valence-electron chi connectivity index (χ0n) is 12.4. The Bertz CT molecular complexity index is 197. The van der Waals surface area contributed by atoms with E-state index < -0.39 is 0 Å². The SMILES string of the molecule is CCNC1CCCCCC1OCCOCC(C)C. The zero-order valence-corrected chi connectivity index (χ0v) is 12.4. The van der Waals surface area contributed by atoms with Crippen molar-refractivity contribution in [3.63, 3.8) is 0 Å². The molecule has 108 valence electrons. The van der Waals surface area contributed by atoms with Crippen molar-refractivity contribution in [2.75, 3.05) is 26.4 Å². The molecule has 3 heteroatoms. The van der Waals surface area contributed by atoms with Crippen molar-refractivity contribution >= 4 is 0 Å². The molecule has 0 saturated heterocycles. The molecule has 1 rings (SSSR count). The first-order valence-electron chi connectivity index (χ1n) is 7.66. The summed E-state index contributed by atoms with van der Waals surface area (Å²) in [4.78, 5) is 0. The number of hydrogen-bond acceptors (Lipinski definition) is 3. The van der Waals surface area contributed by atoms with E-state index >= 15 is 0 Å². The summed E-state index contributed by atoms with van der Waals surface area (Å²) in [6.45, 7) is 9.86. The van der Waals surface area contributed by atoms with Gasteiger partial charge in [0.05, 0.1) is 19.3 Å². The number of rotatable bonds is 8. The lowest BCUT2D eigenvalue weighted by Crippen LogP contribution is -2.41. The third-order valence-electron chi connectivity index (χ3n) is 3.43. The molecule has 1 fully saturated rings. The minimum atomic E-state index is 0.384. The molecule has 1 aliphatic carbocycles. The Balaban J connectivity index is 2.19. The number of likely N-dealkylation sites (N-methyl/N-ethyl adjacent to an activating group) is 1. The molecule has 3 nitrogen and oxygen atoms in total. The van der Waals surface area contributed by atoms with Crippen LogP contribution in [-0.4, -0.2) is 38.5 Å². The van der Waals surface area contributed by atoms with Crippen molar-refractivity contribution in [3.8, 4) is 0 Å². The summed E-state index contributed by atoms with van der Waals surface area (Å²) < 4.78 is 11.6. The van der Waals surface area contributed by atoms with E-state index in [0.717, 1.165) is 26.4 Å². The second-order valence-corrected chi connectivity index (χ2v) is 5.68. The van der Waals surface area contributed by atoms with Gasteiger partial charge in [-0.15, -0.1) is 0 Å². The van der Waals surface area contributed by atoms with Crippen molar-refractivity contribution in [1.82, 2.24) is 5.32 Å². The number of ether oxygens (including phenoxy) is 2. The van der Waals surface area contributed by atoms with Gasteiger partial charge in [-0.3, -0.25) is 0 Å².